The molecule has 0 aliphatic rings. The lowest BCUT2D eigenvalue weighted by Crippen LogP contribution is -2.43. The molecule has 0 aliphatic carbocycles. The smallest absolute Gasteiger partial charge is 0.322 e. The first-order valence-electron chi connectivity index (χ1n) is 15.0. The van der Waals surface area contributed by atoms with E-state index in [-0.39, 0.29) is 35.2 Å². The highest BCUT2D eigenvalue weighted by Crippen LogP contribution is 2.20. The summed E-state index contributed by atoms with van der Waals surface area (Å²) in [6, 6.07) is 23.8. The largest absolute Gasteiger partial charge is 0.480 e. The molecule has 0 fully saturated rings. The number of nitrogens with one attached hydrogen (secondary N) is 4. The average molecular weight is 666 g/mol. The van der Waals surface area contributed by atoms with Crippen LogP contribution in [-0.2, 0) is 27.2 Å². The van der Waals surface area contributed by atoms with E-state index >= 15 is 0 Å². The normalized spacial score (nSPS) is 11.8. The number of nitrogens with two attached hydrogens (primary N) is 3. The topological polar surface area (TPSA) is 249 Å². The second kappa shape index (κ2) is 16.4. The van der Waals surface area contributed by atoms with Gasteiger partial charge in [0.05, 0.1) is 12.1 Å². The molecule has 4 aromatic rings. The number of amides is 5. The van der Waals surface area contributed by atoms with Gasteiger partial charge in [-0.15, -0.1) is 0 Å². The van der Waals surface area contributed by atoms with Crippen LogP contribution >= 0.6 is 0 Å². The zero-order valence-electron chi connectivity index (χ0n) is 26.1. The fourth-order valence-corrected chi connectivity index (χ4v) is 4.65. The summed E-state index contributed by atoms with van der Waals surface area (Å²) >= 11 is 0. The maximum absolute atomic E-state index is 13.4. The van der Waals surface area contributed by atoms with Gasteiger partial charge in [-0.25, -0.2) is 0 Å². The first-order valence-corrected chi connectivity index (χ1v) is 15.0. The first kappa shape index (κ1) is 35.5. The molecule has 2 unspecified atom stereocenters. The Balaban J connectivity index is 1.51. The summed E-state index contributed by atoms with van der Waals surface area (Å²) in [6.07, 6.45) is 0.382. The van der Waals surface area contributed by atoms with Crippen molar-refractivity contribution in [3.63, 3.8) is 0 Å². The number of anilines is 3. The van der Waals surface area contributed by atoms with E-state index < -0.39 is 54.1 Å². The molecule has 0 aliphatic heterocycles. The van der Waals surface area contributed by atoms with Gasteiger partial charge in [-0.05, 0) is 78.6 Å². The van der Waals surface area contributed by atoms with Crippen LogP contribution in [-0.4, -0.2) is 59.2 Å². The van der Waals surface area contributed by atoms with Crippen molar-refractivity contribution in [1.29, 1.82) is 0 Å². The third-order valence-electron chi connectivity index (χ3n) is 7.21. The van der Waals surface area contributed by atoms with Crippen LogP contribution in [0.3, 0.4) is 0 Å². The van der Waals surface area contributed by atoms with Crippen molar-refractivity contribution >= 4 is 52.6 Å². The van der Waals surface area contributed by atoms with Gasteiger partial charge in [0.1, 0.15) is 6.54 Å². The molecular formula is C35H35N7O7. The molecule has 0 aromatic heterocycles. The van der Waals surface area contributed by atoms with E-state index in [2.05, 4.69) is 21.3 Å². The Labute approximate surface area is 281 Å². The summed E-state index contributed by atoms with van der Waals surface area (Å²) in [5.41, 5.74) is 20.1. The predicted octanol–water partition coefficient (Wildman–Crippen LogP) is 1.87. The van der Waals surface area contributed by atoms with Gasteiger partial charge in [-0.1, -0.05) is 42.5 Å². The predicted molar refractivity (Wildman–Crippen MR) is 183 cm³/mol. The van der Waals surface area contributed by atoms with Gasteiger partial charge in [0, 0.05) is 33.8 Å². The highest BCUT2D eigenvalue weighted by molar-refractivity contribution is 6.10. The molecule has 5 amide bonds. The molecule has 49 heavy (non-hydrogen) atoms. The lowest BCUT2D eigenvalue weighted by atomic mass is 10.0. The fraction of sp³-hybridized carbons (Fsp3) is 0.143. The lowest BCUT2D eigenvalue weighted by molar-refractivity contribution is -0.138. The van der Waals surface area contributed by atoms with E-state index in [4.69, 9.17) is 22.3 Å². The Morgan fingerprint density at radius 1 is 0.571 bits per heavy atom. The molecule has 252 valence electrons. The number of primary amides is 1. The van der Waals surface area contributed by atoms with Crippen molar-refractivity contribution in [1.82, 2.24) is 5.32 Å². The van der Waals surface area contributed by atoms with Crippen LogP contribution in [0.25, 0.3) is 0 Å². The van der Waals surface area contributed by atoms with Crippen molar-refractivity contribution in [3.05, 3.63) is 125 Å². The number of hydrogen-bond acceptors (Lipinski definition) is 8. The van der Waals surface area contributed by atoms with Gasteiger partial charge in [0.15, 0.2) is 0 Å². The van der Waals surface area contributed by atoms with E-state index in [0.717, 1.165) is 5.56 Å². The molecule has 0 bridgehead atoms. The van der Waals surface area contributed by atoms with Crippen LogP contribution in [0.2, 0.25) is 0 Å². The van der Waals surface area contributed by atoms with Crippen molar-refractivity contribution in [2.24, 2.45) is 17.2 Å². The zero-order valence-corrected chi connectivity index (χ0v) is 26.1. The van der Waals surface area contributed by atoms with Crippen LogP contribution in [0, 0.1) is 0 Å². The Hall–Kier alpha value is -6.38. The number of benzene rings is 4. The number of hydrogen-bond donors (Lipinski definition) is 8. The number of carbonyl (C=O) groups is 6. The van der Waals surface area contributed by atoms with Gasteiger partial charge < -0.3 is 43.6 Å². The van der Waals surface area contributed by atoms with Crippen LogP contribution in [0.1, 0.15) is 42.2 Å². The number of rotatable bonds is 14. The summed E-state index contributed by atoms with van der Waals surface area (Å²) in [5, 5.41) is 19.1. The minimum absolute atomic E-state index is 0.0454. The van der Waals surface area contributed by atoms with Crippen LogP contribution in [0.5, 0.6) is 0 Å². The van der Waals surface area contributed by atoms with Gasteiger partial charge in [-0.3, -0.25) is 28.8 Å². The Morgan fingerprint density at radius 2 is 1.06 bits per heavy atom. The molecule has 2 atom stereocenters. The SMILES string of the molecule is NC(=O)c1ccc(NC(=O)c2cc(NC(=O)C(N)Cc3ccccc3)cc(C(=O)Nc3ccc(CC(N)C(=O)NCC(=O)O)cc3)c2)cc1. The minimum atomic E-state index is -1.19. The molecular weight excluding hydrogens is 630 g/mol. The van der Waals surface area contributed by atoms with Crippen molar-refractivity contribution in [2.45, 2.75) is 24.9 Å². The molecule has 4 aromatic carbocycles. The highest BCUT2D eigenvalue weighted by atomic mass is 16.4. The van der Waals surface area contributed by atoms with Crippen molar-refractivity contribution in [2.75, 3.05) is 22.5 Å². The van der Waals surface area contributed by atoms with Gasteiger partial charge in [-0.2, -0.15) is 0 Å². The second-order valence-electron chi connectivity index (χ2n) is 11.1. The Kier molecular flexibility index (Phi) is 11.9. The summed E-state index contributed by atoms with van der Waals surface area (Å²) in [5.74, 6) is -4.15. The van der Waals surface area contributed by atoms with E-state index in [1.807, 2.05) is 30.3 Å². The van der Waals surface area contributed by atoms with Gasteiger partial charge in [0.25, 0.3) is 11.8 Å². The molecule has 4 rings (SSSR count). The molecule has 14 nitrogen and oxygen atoms in total. The average Bonchev–Trinajstić information content (AvgIpc) is 3.08. The fourth-order valence-electron chi connectivity index (χ4n) is 4.65. The number of carboxylic acids is 1. The maximum Gasteiger partial charge on any atom is 0.322 e. The summed E-state index contributed by atoms with van der Waals surface area (Å²) in [6.45, 7) is -0.545. The molecule has 0 saturated heterocycles. The van der Waals surface area contributed by atoms with Crippen molar-refractivity contribution < 1.29 is 33.9 Å². The van der Waals surface area contributed by atoms with Gasteiger partial charge in [0.2, 0.25) is 17.7 Å². The zero-order chi connectivity index (χ0) is 35.5. The highest BCUT2D eigenvalue weighted by Gasteiger charge is 2.19. The summed E-state index contributed by atoms with van der Waals surface area (Å²) in [7, 11) is 0. The standard InChI is InChI=1S/C35H35N7O7/c36-28(34(48)39-19-30(43)44)15-21-6-10-25(11-7-21)40-32(46)23-16-24(33(47)41-26-12-8-22(9-13-26)31(38)45)18-27(17-23)42-35(49)29(37)14-20-4-2-1-3-5-20/h1-13,16-18,28-29H,14-15,19,36-37H2,(H2,38,45)(H,39,48)(H,40,46)(H,41,47)(H,42,49)(H,43,44). The lowest BCUT2D eigenvalue weighted by Gasteiger charge is -2.15. The number of carboxylic acid groups (broad SMARTS) is 1. The minimum Gasteiger partial charge on any atom is -0.480 e. The van der Waals surface area contributed by atoms with Gasteiger partial charge >= 0.3 is 5.97 Å². The molecule has 14 heteroatoms. The van der Waals surface area contributed by atoms with Crippen LogP contribution in [0.15, 0.2) is 97.1 Å². The monoisotopic (exact) mass is 665 g/mol. The molecule has 11 N–H and O–H groups in total. The molecule has 0 radical (unpaired) electrons. The quantitative estimate of drug-likeness (QED) is 0.0978. The molecule has 0 saturated carbocycles. The second-order valence-corrected chi connectivity index (χ2v) is 11.1. The van der Waals surface area contributed by atoms with E-state index in [9.17, 15) is 28.8 Å². The summed E-state index contributed by atoms with van der Waals surface area (Å²) in [4.78, 5) is 73.8. The number of aliphatic carboxylic acids is 1. The van der Waals surface area contributed by atoms with E-state index in [1.54, 1.807) is 24.3 Å². The maximum atomic E-state index is 13.4. The molecule has 0 spiro atoms. The van der Waals surface area contributed by atoms with Crippen LogP contribution in [0.4, 0.5) is 17.1 Å². The van der Waals surface area contributed by atoms with Crippen molar-refractivity contribution in [3.8, 4) is 0 Å². The number of carbonyl (C=O) groups excluding carboxylic acids is 5. The summed E-state index contributed by atoms with van der Waals surface area (Å²) < 4.78 is 0. The first-order chi connectivity index (χ1) is 23.4. The third kappa shape index (κ3) is 10.6. The third-order valence-corrected chi connectivity index (χ3v) is 7.21. The molecule has 0 heterocycles. The van der Waals surface area contributed by atoms with Crippen LogP contribution < -0.4 is 38.5 Å². The Bertz CT molecular complexity index is 1850. The Morgan fingerprint density at radius 3 is 1.57 bits per heavy atom. The van der Waals surface area contributed by atoms with E-state index in [1.165, 1.54) is 42.5 Å². The van der Waals surface area contributed by atoms with E-state index in [0.29, 0.717) is 16.9 Å².